The molecule has 0 saturated heterocycles. The maximum Gasteiger partial charge on any atom is 0.493 e. The fourth-order valence-corrected chi connectivity index (χ4v) is 1.06. The number of anilines is 1. The van der Waals surface area contributed by atoms with Gasteiger partial charge in [-0.05, 0) is 12.1 Å². The zero-order valence-corrected chi connectivity index (χ0v) is 7.38. The van der Waals surface area contributed by atoms with Crippen molar-refractivity contribution in [2.24, 2.45) is 0 Å². The molecule has 0 radical (unpaired) electrons. The van der Waals surface area contributed by atoms with Crippen LogP contribution in [-0.2, 0) is 0 Å². The van der Waals surface area contributed by atoms with E-state index in [1.807, 2.05) is 0 Å². The van der Waals surface area contributed by atoms with Crippen molar-refractivity contribution < 1.29 is 18.8 Å². The van der Waals surface area contributed by atoms with E-state index in [4.69, 9.17) is 10.0 Å². The first-order chi connectivity index (χ1) is 6.57. The third-order valence-electron chi connectivity index (χ3n) is 1.65. The minimum atomic E-state index is -2.07. The number of hydrogen-bond donors (Lipinski definition) is 4. The average Bonchev–Trinajstić information content (AvgIpc) is 2.11. The largest absolute Gasteiger partial charge is 0.493 e. The second kappa shape index (κ2) is 4.36. The number of nitrogens with one attached hydrogen (secondary N) is 2. The zero-order chi connectivity index (χ0) is 10.7. The Balaban J connectivity index is 3.23. The van der Waals surface area contributed by atoms with Gasteiger partial charge < -0.3 is 15.5 Å². The summed E-state index contributed by atoms with van der Waals surface area (Å²) in [5, 5.41) is 17.6. The van der Waals surface area contributed by atoms with Crippen molar-refractivity contribution in [3.05, 3.63) is 23.8 Å². The fraction of sp³-hybridized carbons (Fsp3) is 0.143. The van der Waals surface area contributed by atoms with Crippen molar-refractivity contribution in [3.63, 3.8) is 0 Å². The van der Waals surface area contributed by atoms with Crippen LogP contribution in [0.4, 0.5) is 14.5 Å². The first-order valence-corrected chi connectivity index (χ1v) is 3.84. The Kier molecular flexibility index (Phi) is 3.40. The smallest absolute Gasteiger partial charge is 0.423 e. The molecule has 76 valence electrons. The molecule has 0 bridgehead atoms. The van der Waals surface area contributed by atoms with Crippen LogP contribution in [0, 0.1) is 11.6 Å². The lowest BCUT2D eigenvalue weighted by Gasteiger charge is -2.11. The van der Waals surface area contributed by atoms with Crippen molar-refractivity contribution in [1.82, 2.24) is 5.43 Å². The van der Waals surface area contributed by atoms with Crippen LogP contribution in [0.5, 0.6) is 0 Å². The summed E-state index contributed by atoms with van der Waals surface area (Å²) in [6.07, 6.45) is 0. The maximum absolute atomic E-state index is 13.1. The lowest BCUT2D eigenvalue weighted by molar-refractivity contribution is 0.420. The number of hydrazine groups is 1. The molecular formula is C7H9BF2N2O2. The molecule has 1 rings (SSSR count). The fourth-order valence-electron chi connectivity index (χ4n) is 1.06. The molecule has 0 fully saturated rings. The van der Waals surface area contributed by atoms with E-state index >= 15 is 0 Å². The highest BCUT2D eigenvalue weighted by Gasteiger charge is 2.23. The van der Waals surface area contributed by atoms with E-state index in [9.17, 15) is 8.78 Å². The third-order valence-corrected chi connectivity index (χ3v) is 1.65. The molecule has 0 unspecified atom stereocenters. The maximum atomic E-state index is 13.1. The number of rotatable bonds is 3. The normalized spacial score (nSPS) is 10.1. The summed E-state index contributed by atoms with van der Waals surface area (Å²) in [6.45, 7) is 0. The SMILES string of the molecule is CNNc1ccc(F)c(F)c1B(O)O. The van der Waals surface area contributed by atoms with E-state index in [1.165, 1.54) is 13.1 Å². The van der Waals surface area contributed by atoms with E-state index < -0.39 is 24.2 Å². The van der Waals surface area contributed by atoms with Crippen molar-refractivity contribution in [2.45, 2.75) is 0 Å². The summed E-state index contributed by atoms with van der Waals surface area (Å²) in [5.41, 5.74) is 4.46. The predicted molar refractivity (Wildman–Crippen MR) is 48.9 cm³/mol. The molecule has 0 amide bonds. The minimum Gasteiger partial charge on any atom is -0.423 e. The summed E-state index contributed by atoms with van der Waals surface area (Å²) < 4.78 is 25.8. The monoisotopic (exact) mass is 202 g/mol. The summed E-state index contributed by atoms with van der Waals surface area (Å²) >= 11 is 0. The minimum absolute atomic E-state index is 0.0707. The van der Waals surface area contributed by atoms with Gasteiger partial charge in [-0.15, -0.1) is 0 Å². The van der Waals surface area contributed by atoms with Crippen LogP contribution in [0.25, 0.3) is 0 Å². The molecule has 0 aliphatic carbocycles. The van der Waals surface area contributed by atoms with Crippen LogP contribution in [-0.4, -0.2) is 24.2 Å². The number of halogens is 2. The Hall–Kier alpha value is -1.18. The Morgan fingerprint density at radius 3 is 2.43 bits per heavy atom. The van der Waals surface area contributed by atoms with Crippen LogP contribution in [0.1, 0.15) is 0 Å². The standard InChI is InChI=1S/C7H9BF2N2O2/c1-11-12-5-3-2-4(9)7(10)6(5)8(13)14/h2-3,11-14H,1H3. The summed E-state index contributed by atoms with van der Waals surface area (Å²) in [4.78, 5) is 0. The van der Waals surface area contributed by atoms with Gasteiger partial charge in [-0.2, -0.15) is 0 Å². The molecular weight excluding hydrogens is 193 g/mol. The molecule has 0 aliphatic heterocycles. The molecule has 4 N–H and O–H groups in total. The van der Waals surface area contributed by atoms with Crippen LogP contribution in [0.15, 0.2) is 12.1 Å². The molecule has 0 spiro atoms. The lowest BCUT2D eigenvalue weighted by Crippen LogP contribution is -2.37. The summed E-state index contributed by atoms with van der Waals surface area (Å²) in [7, 11) is -0.559. The number of benzene rings is 1. The highest BCUT2D eigenvalue weighted by atomic mass is 19.2. The molecule has 4 nitrogen and oxygen atoms in total. The molecule has 0 aromatic heterocycles. The topological polar surface area (TPSA) is 64.5 Å². The average molecular weight is 202 g/mol. The molecule has 0 heterocycles. The highest BCUT2D eigenvalue weighted by molar-refractivity contribution is 6.60. The van der Waals surface area contributed by atoms with E-state index in [0.717, 1.165) is 6.07 Å². The van der Waals surface area contributed by atoms with E-state index in [2.05, 4.69) is 10.9 Å². The van der Waals surface area contributed by atoms with Crippen molar-refractivity contribution in [3.8, 4) is 0 Å². The van der Waals surface area contributed by atoms with E-state index in [1.54, 1.807) is 0 Å². The summed E-state index contributed by atoms with van der Waals surface area (Å²) in [6, 6.07) is 2.09. The van der Waals surface area contributed by atoms with Crippen LogP contribution in [0.3, 0.4) is 0 Å². The van der Waals surface area contributed by atoms with Crippen molar-refractivity contribution >= 4 is 18.3 Å². The van der Waals surface area contributed by atoms with E-state index in [-0.39, 0.29) is 5.69 Å². The van der Waals surface area contributed by atoms with Gasteiger partial charge in [0.15, 0.2) is 11.6 Å². The predicted octanol–water partition coefficient (Wildman–Crippen LogP) is -0.809. The summed E-state index contributed by atoms with van der Waals surface area (Å²) in [5.74, 6) is -2.41. The molecule has 14 heavy (non-hydrogen) atoms. The molecule has 7 heteroatoms. The van der Waals surface area contributed by atoms with Gasteiger partial charge in [-0.1, -0.05) is 0 Å². The third kappa shape index (κ3) is 2.01. The van der Waals surface area contributed by atoms with Crippen molar-refractivity contribution in [2.75, 3.05) is 12.5 Å². The molecule has 0 atom stereocenters. The van der Waals surface area contributed by atoms with Crippen LogP contribution >= 0.6 is 0 Å². The quantitative estimate of drug-likeness (QED) is 0.382. The van der Waals surface area contributed by atoms with E-state index in [0.29, 0.717) is 0 Å². The highest BCUT2D eigenvalue weighted by Crippen LogP contribution is 2.10. The van der Waals surface area contributed by atoms with Gasteiger partial charge in [-0.3, -0.25) is 0 Å². The zero-order valence-electron chi connectivity index (χ0n) is 7.38. The number of hydrogen-bond acceptors (Lipinski definition) is 4. The van der Waals surface area contributed by atoms with Gasteiger partial charge >= 0.3 is 7.12 Å². The van der Waals surface area contributed by atoms with Crippen LogP contribution < -0.4 is 16.3 Å². The van der Waals surface area contributed by atoms with Crippen LogP contribution in [0.2, 0.25) is 0 Å². The van der Waals surface area contributed by atoms with Gasteiger partial charge in [0, 0.05) is 12.5 Å². The molecule has 1 aromatic carbocycles. The molecule has 0 saturated carbocycles. The van der Waals surface area contributed by atoms with Gasteiger partial charge in [0.2, 0.25) is 0 Å². The molecule has 1 aromatic rings. The Morgan fingerprint density at radius 2 is 1.93 bits per heavy atom. The molecule has 0 aliphatic rings. The van der Waals surface area contributed by atoms with Gasteiger partial charge in [0.05, 0.1) is 5.69 Å². The second-order valence-corrected chi connectivity index (χ2v) is 2.57. The lowest BCUT2D eigenvalue weighted by atomic mass is 9.78. The van der Waals surface area contributed by atoms with Crippen molar-refractivity contribution in [1.29, 1.82) is 0 Å². The Morgan fingerprint density at radius 1 is 1.29 bits per heavy atom. The van der Waals surface area contributed by atoms with Gasteiger partial charge in [0.25, 0.3) is 0 Å². The Labute approximate surface area is 79.7 Å². The van der Waals surface area contributed by atoms with Gasteiger partial charge in [-0.25, -0.2) is 14.2 Å². The second-order valence-electron chi connectivity index (χ2n) is 2.57. The first kappa shape index (κ1) is 10.9. The first-order valence-electron chi connectivity index (χ1n) is 3.84. The Bertz CT molecular complexity index is 336. The van der Waals surface area contributed by atoms with Gasteiger partial charge in [0.1, 0.15) is 0 Å².